The summed E-state index contributed by atoms with van der Waals surface area (Å²) < 4.78 is 0. The van der Waals surface area contributed by atoms with E-state index in [1.54, 1.807) is 0 Å². The van der Waals surface area contributed by atoms with E-state index in [9.17, 15) is 0 Å². The third kappa shape index (κ3) is 3.86. The molecule has 2 aliphatic carbocycles. The minimum absolute atomic E-state index is 0.664. The Morgan fingerprint density at radius 1 is 1.40 bits per heavy atom. The zero-order chi connectivity index (χ0) is 14.4. The standard InChI is InChI=1S/C19H25N/c1-4-6-10-19(20-5-2)14-16-8-7-9-18-13-17(12-16)11-15(18)3/h4,6-10,12-13,15,20H,5,11,14H2,1-3H3/b6-4+,8-7?,9-7+,16-8-,16-12?,17-12-,18-9?,19-10-. The van der Waals surface area contributed by atoms with Gasteiger partial charge in [0.2, 0.25) is 0 Å². The number of nitrogens with one attached hydrogen (secondary N) is 1. The van der Waals surface area contributed by atoms with Crippen LogP contribution in [0.2, 0.25) is 0 Å². The first kappa shape index (κ1) is 14.6. The van der Waals surface area contributed by atoms with Crippen LogP contribution in [0, 0.1) is 5.92 Å². The molecule has 0 aromatic heterocycles. The van der Waals surface area contributed by atoms with Crippen molar-refractivity contribution in [3.8, 4) is 0 Å². The molecule has 0 radical (unpaired) electrons. The summed E-state index contributed by atoms with van der Waals surface area (Å²) in [7, 11) is 0. The Bertz CT molecular complexity index is 524. The van der Waals surface area contributed by atoms with Crippen LogP contribution in [0.3, 0.4) is 0 Å². The fraction of sp³-hybridized carbons (Fsp3) is 0.368. The molecule has 0 heterocycles. The topological polar surface area (TPSA) is 12.0 Å². The van der Waals surface area contributed by atoms with Gasteiger partial charge in [0.1, 0.15) is 0 Å². The third-order valence-electron chi connectivity index (χ3n) is 3.72. The molecule has 1 nitrogen and oxygen atoms in total. The van der Waals surface area contributed by atoms with Crippen molar-refractivity contribution in [3.05, 3.63) is 71.0 Å². The summed E-state index contributed by atoms with van der Waals surface area (Å²) in [5.41, 5.74) is 5.57. The molecule has 0 aliphatic heterocycles. The molecule has 0 amide bonds. The number of allylic oxidation sites excluding steroid dienone is 11. The Kier molecular flexibility index (Phi) is 5.23. The summed E-state index contributed by atoms with van der Waals surface area (Å²) in [4.78, 5) is 0. The molecule has 2 bridgehead atoms. The van der Waals surface area contributed by atoms with Crippen molar-refractivity contribution in [1.29, 1.82) is 0 Å². The molecule has 106 valence electrons. The average Bonchev–Trinajstić information content (AvgIpc) is 2.76. The maximum atomic E-state index is 3.45. The SMILES string of the molecule is C/C=C/C=C(/CC1=C\C=C\C2=CC(=C\1)/CC2C)NCC. The van der Waals surface area contributed by atoms with E-state index in [1.165, 1.54) is 28.8 Å². The summed E-state index contributed by atoms with van der Waals surface area (Å²) in [5.74, 6) is 0.664. The Morgan fingerprint density at radius 3 is 3.00 bits per heavy atom. The quantitative estimate of drug-likeness (QED) is 0.703. The Labute approximate surface area is 123 Å². The molecule has 1 atom stereocenters. The van der Waals surface area contributed by atoms with Crippen LogP contribution in [-0.2, 0) is 0 Å². The zero-order valence-electron chi connectivity index (χ0n) is 12.8. The molecule has 0 fully saturated rings. The number of hydrogen-bond donors (Lipinski definition) is 1. The highest BCUT2D eigenvalue weighted by Crippen LogP contribution is 2.33. The van der Waals surface area contributed by atoms with Crippen LogP contribution in [0.1, 0.15) is 33.6 Å². The van der Waals surface area contributed by atoms with E-state index >= 15 is 0 Å². The molecule has 0 saturated carbocycles. The molecule has 0 aromatic rings. The Morgan fingerprint density at radius 2 is 2.25 bits per heavy atom. The number of fused-ring (bicyclic) bond motifs is 1. The second-order valence-electron chi connectivity index (χ2n) is 5.49. The minimum Gasteiger partial charge on any atom is -0.388 e. The molecule has 2 rings (SSSR count). The molecule has 0 aromatic carbocycles. The van der Waals surface area contributed by atoms with Crippen molar-refractivity contribution in [2.24, 2.45) is 5.92 Å². The van der Waals surface area contributed by atoms with Gasteiger partial charge in [-0.15, -0.1) is 0 Å². The maximum Gasteiger partial charge on any atom is 0.0151 e. The van der Waals surface area contributed by atoms with E-state index in [4.69, 9.17) is 0 Å². The normalized spacial score (nSPS) is 29.1. The summed E-state index contributed by atoms with van der Waals surface area (Å²) in [5, 5.41) is 3.45. The van der Waals surface area contributed by atoms with Gasteiger partial charge in [0.05, 0.1) is 0 Å². The van der Waals surface area contributed by atoms with Gasteiger partial charge in [-0.2, -0.15) is 0 Å². The molecular weight excluding hydrogens is 242 g/mol. The van der Waals surface area contributed by atoms with Crippen molar-refractivity contribution in [2.75, 3.05) is 6.54 Å². The lowest BCUT2D eigenvalue weighted by Crippen LogP contribution is -2.12. The first-order chi connectivity index (χ1) is 9.72. The van der Waals surface area contributed by atoms with Gasteiger partial charge < -0.3 is 5.32 Å². The highest BCUT2D eigenvalue weighted by molar-refractivity contribution is 5.46. The van der Waals surface area contributed by atoms with E-state index in [0.29, 0.717) is 5.92 Å². The lowest BCUT2D eigenvalue weighted by Gasteiger charge is -2.10. The molecule has 2 aliphatic rings. The van der Waals surface area contributed by atoms with Gasteiger partial charge in [-0.3, -0.25) is 0 Å². The van der Waals surface area contributed by atoms with Crippen molar-refractivity contribution < 1.29 is 0 Å². The van der Waals surface area contributed by atoms with Gasteiger partial charge in [-0.25, -0.2) is 0 Å². The predicted molar refractivity (Wildman–Crippen MR) is 88.4 cm³/mol. The number of rotatable bonds is 5. The van der Waals surface area contributed by atoms with Gasteiger partial charge in [-0.1, -0.05) is 49.5 Å². The number of hydrogen-bond acceptors (Lipinski definition) is 1. The molecule has 20 heavy (non-hydrogen) atoms. The Hall–Kier alpha value is -1.76. The smallest absolute Gasteiger partial charge is 0.0151 e. The van der Waals surface area contributed by atoms with E-state index in [-0.39, 0.29) is 0 Å². The first-order valence-electron chi connectivity index (χ1n) is 7.58. The van der Waals surface area contributed by atoms with Crippen LogP contribution < -0.4 is 5.32 Å². The lowest BCUT2D eigenvalue weighted by atomic mass is 10.0. The fourth-order valence-electron chi connectivity index (χ4n) is 2.72. The van der Waals surface area contributed by atoms with Crippen LogP contribution in [-0.4, -0.2) is 6.54 Å². The highest BCUT2D eigenvalue weighted by atomic mass is 14.9. The van der Waals surface area contributed by atoms with Crippen molar-refractivity contribution in [3.63, 3.8) is 0 Å². The summed E-state index contributed by atoms with van der Waals surface area (Å²) in [6.45, 7) is 7.45. The summed E-state index contributed by atoms with van der Waals surface area (Å²) in [6.07, 6.45) is 19.9. The molecule has 0 saturated heterocycles. The second-order valence-corrected chi connectivity index (χ2v) is 5.49. The van der Waals surface area contributed by atoms with Gasteiger partial charge in [0.15, 0.2) is 0 Å². The Balaban J connectivity index is 2.15. The van der Waals surface area contributed by atoms with Crippen molar-refractivity contribution in [1.82, 2.24) is 5.32 Å². The van der Waals surface area contributed by atoms with Crippen LogP contribution in [0.4, 0.5) is 0 Å². The van der Waals surface area contributed by atoms with Gasteiger partial charge in [0.25, 0.3) is 0 Å². The monoisotopic (exact) mass is 267 g/mol. The van der Waals surface area contributed by atoms with E-state index in [0.717, 1.165) is 13.0 Å². The molecule has 1 heteroatoms. The van der Waals surface area contributed by atoms with E-state index in [2.05, 4.69) is 67.8 Å². The zero-order valence-corrected chi connectivity index (χ0v) is 12.8. The second kappa shape index (κ2) is 7.14. The van der Waals surface area contributed by atoms with Crippen molar-refractivity contribution >= 4 is 0 Å². The van der Waals surface area contributed by atoms with Gasteiger partial charge in [0, 0.05) is 18.7 Å². The predicted octanol–water partition coefficient (Wildman–Crippen LogP) is 4.83. The van der Waals surface area contributed by atoms with Crippen molar-refractivity contribution in [2.45, 2.75) is 33.6 Å². The van der Waals surface area contributed by atoms with Crippen LogP contribution in [0.5, 0.6) is 0 Å². The molecule has 1 N–H and O–H groups in total. The largest absolute Gasteiger partial charge is 0.388 e. The summed E-state index contributed by atoms with van der Waals surface area (Å²) in [6, 6.07) is 0. The fourth-order valence-corrected chi connectivity index (χ4v) is 2.72. The minimum atomic E-state index is 0.664. The molecule has 0 spiro atoms. The highest BCUT2D eigenvalue weighted by Gasteiger charge is 2.17. The van der Waals surface area contributed by atoms with E-state index in [1.807, 2.05) is 6.92 Å². The van der Waals surface area contributed by atoms with Crippen LogP contribution >= 0.6 is 0 Å². The van der Waals surface area contributed by atoms with Crippen LogP contribution in [0.25, 0.3) is 0 Å². The third-order valence-corrected chi connectivity index (χ3v) is 3.72. The average molecular weight is 267 g/mol. The summed E-state index contributed by atoms with van der Waals surface area (Å²) >= 11 is 0. The first-order valence-corrected chi connectivity index (χ1v) is 7.58. The lowest BCUT2D eigenvalue weighted by molar-refractivity contribution is 0.730. The van der Waals surface area contributed by atoms with E-state index < -0.39 is 0 Å². The molecular formula is C19H25N. The van der Waals surface area contributed by atoms with Gasteiger partial charge >= 0.3 is 0 Å². The van der Waals surface area contributed by atoms with Crippen LogP contribution in [0.15, 0.2) is 71.0 Å². The van der Waals surface area contributed by atoms with Gasteiger partial charge in [-0.05, 0) is 49.0 Å². The molecule has 1 unspecified atom stereocenters. The maximum absolute atomic E-state index is 3.45.